The SMILES string of the molecule is CCCC(=O)O[C@H]1CC(C)(C)C(/C=C/C(C)=C/C=C/C(C)=C/C=C/C=C(C)/C=C/C=C(C)/C=C/C2=C(C)C(=O)[C@@H](OC(=O)CCC)CC2(C)C)=C(C)C1=O. The van der Waals surface area contributed by atoms with Gasteiger partial charge in [-0.05, 0) is 87.5 Å². The van der Waals surface area contributed by atoms with Crippen molar-refractivity contribution in [2.45, 2.75) is 134 Å². The van der Waals surface area contributed by atoms with Crippen LogP contribution in [0.15, 0.2) is 130 Å². The van der Waals surface area contributed by atoms with Gasteiger partial charge in [0.15, 0.2) is 23.8 Å². The molecule has 0 fully saturated rings. The lowest BCUT2D eigenvalue weighted by Gasteiger charge is -2.36. The lowest BCUT2D eigenvalue weighted by Crippen LogP contribution is -2.38. The van der Waals surface area contributed by atoms with Crippen molar-refractivity contribution in [2.75, 3.05) is 0 Å². The van der Waals surface area contributed by atoms with Gasteiger partial charge in [-0.3, -0.25) is 19.2 Å². The Labute approximate surface area is 325 Å². The highest BCUT2D eigenvalue weighted by molar-refractivity contribution is 6.02. The van der Waals surface area contributed by atoms with E-state index in [1.807, 2.05) is 116 Å². The molecular weight excluding hydrogens is 673 g/mol. The summed E-state index contributed by atoms with van der Waals surface area (Å²) in [6.07, 6.45) is 30.0. The van der Waals surface area contributed by atoms with Gasteiger partial charge in [0.1, 0.15) is 0 Å². The van der Waals surface area contributed by atoms with E-state index in [0.717, 1.165) is 33.4 Å². The van der Waals surface area contributed by atoms with E-state index >= 15 is 0 Å². The van der Waals surface area contributed by atoms with E-state index in [9.17, 15) is 19.2 Å². The molecular formula is C48H64O6. The van der Waals surface area contributed by atoms with Crippen LogP contribution in [0, 0.1) is 10.8 Å². The maximum Gasteiger partial charge on any atom is 0.306 e. The number of hydrogen-bond acceptors (Lipinski definition) is 6. The summed E-state index contributed by atoms with van der Waals surface area (Å²) in [5.74, 6) is -0.845. The highest BCUT2D eigenvalue weighted by Gasteiger charge is 2.41. The van der Waals surface area contributed by atoms with E-state index in [1.54, 1.807) is 0 Å². The molecule has 2 aliphatic carbocycles. The lowest BCUT2D eigenvalue weighted by atomic mass is 9.71. The average molecular weight is 737 g/mol. The Morgan fingerprint density at radius 1 is 0.574 bits per heavy atom. The van der Waals surface area contributed by atoms with Crippen LogP contribution in [-0.4, -0.2) is 35.7 Å². The van der Waals surface area contributed by atoms with Crippen LogP contribution in [-0.2, 0) is 28.7 Å². The third-order valence-electron chi connectivity index (χ3n) is 9.73. The van der Waals surface area contributed by atoms with Crippen molar-refractivity contribution in [3.63, 3.8) is 0 Å². The molecule has 0 saturated heterocycles. The highest BCUT2D eigenvalue weighted by Crippen LogP contribution is 2.42. The minimum Gasteiger partial charge on any atom is -0.454 e. The summed E-state index contributed by atoms with van der Waals surface area (Å²) in [5.41, 5.74) is 6.99. The Hall–Kier alpha value is -4.58. The summed E-state index contributed by atoms with van der Waals surface area (Å²) >= 11 is 0. The topological polar surface area (TPSA) is 86.7 Å². The molecule has 0 unspecified atom stereocenters. The molecule has 0 heterocycles. The Morgan fingerprint density at radius 3 is 1.22 bits per heavy atom. The van der Waals surface area contributed by atoms with Crippen LogP contribution in [0.2, 0.25) is 0 Å². The Morgan fingerprint density at radius 2 is 0.889 bits per heavy atom. The summed E-state index contributed by atoms with van der Waals surface area (Å²) in [6, 6.07) is 0. The molecule has 0 aromatic rings. The van der Waals surface area contributed by atoms with E-state index in [4.69, 9.17) is 9.47 Å². The van der Waals surface area contributed by atoms with E-state index in [0.29, 0.717) is 49.7 Å². The van der Waals surface area contributed by atoms with Crippen LogP contribution >= 0.6 is 0 Å². The largest absolute Gasteiger partial charge is 0.454 e. The quantitative estimate of drug-likeness (QED) is 0.116. The zero-order chi connectivity index (χ0) is 40.6. The first-order valence-electron chi connectivity index (χ1n) is 19.3. The van der Waals surface area contributed by atoms with Crippen molar-refractivity contribution in [1.82, 2.24) is 0 Å². The van der Waals surface area contributed by atoms with Crippen molar-refractivity contribution in [3.8, 4) is 0 Å². The van der Waals surface area contributed by atoms with Gasteiger partial charge in [0.05, 0.1) is 0 Å². The number of ether oxygens (including phenoxy) is 2. The summed E-state index contributed by atoms with van der Waals surface area (Å²) in [6.45, 7) is 24.0. The third-order valence-corrected chi connectivity index (χ3v) is 9.73. The highest BCUT2D eigenvalue weighted by atomic mass is 16.6. The van der Waals surface area contributed by atoms with Crippen molar-refractivity contribution in [3.05, 3.63) is 130 Å². The molecule has 292 valence electrons. The molecule has 6 nitrogen and oxygen atoms in total. The first kappa shape index (κ1) is 45.6. The molecule has 2 aliphatic rings. The number of rotatable bonds is 16. The second-order valence-corrected chi connectivity index (χ2v) is 15.9. The number of esters is 2. The molecule has 54 heavy (non-hydrogen) atoms. The monoisotopic (exact) mass is 736 g/mol. The van der Waals surface area contributed by atoms with Gasteiger partial charge in [-0.2, -0.15) is 0 Å². The number of ketones is 2. The van der Waals surface area contributed by atoms with Gasteiger partial charge in [-0.1, -0.05) is 149 Å². The van der Waals surface area contributed by atoms with Crippen LogP contribution in [0.25, 0.3) is 0 Å². The van der Waals surface area contributed by atoms with E-state index in [1.165, 1.54) is 0 Å². The van der Waals surface area contributed by atoms with Crippen LogP contribution in [0.1, 0.15) is 122 Å². The average Bonchev–Trinajstić information content (AvgIpc) is 3.07. The number of hydrogen-bond donors (Lipinski definition) is 0. The fourth-order valence-corrected chi connectivity index (χ4v) is 6.60. The molecule has 0 amide bonds. The summed E-state index contributed by atoms with van der Waals surface area (Å²) < 4.78 is 11.0. The smallest absolute Gasteiger partial charge is 0.306 e. The first-order valence-corrected chi connectivity index (χ1v) is 19.3. The molecule has 0 spiro atoms. The van der Waals surface area contributed by atoms with Gasteiger partial charge < -0.3 is 9.47 Å². The molecule has 0 saturated carbocycles. The molecule has 0 N–H and O–H groups in total. The normalized spacial score (nSPS) is 21.9. The number of allylic oxidation sites excluding steroid dienone is 20. The molecule has 2 rings (SSSR count). The zero-order valence-corrected chi connectivity index (χ0v) is 34.9. The Balaban J connectivity index is 1.98. The minimum atomic E-state index is -0.713. The maximum absolute atomic E-state index is 13.0. The Kier molecular flexibility index (Phi) is 18.0. The second kappa shape index (κ2) is 21.3. The van der Waals surface area contributed by atoms with Crippen molar-refractivity contribution in [2.24, 2.45) is 10.8 Å². The molecule has 0 aliphatic heterocycles. The van der Waals surface area contributed by atoms with Crippen LogP contribution in [0.3, 0.4) is 0 Å². The predicted octanol–water partition coefficient (Wildman–Crippen LogP) is 11.6. The predicted molar refractivity (Wildman–Crippen MR) is 223 cm³/mol. The third kappa shape index (κ3) is 14.3. The van der Waals surface area contributed by atoms with Gasteiger partial charge in [-0.25, -0.2) is 0 Å². The van der Waals surface area contributed by atoms with E-state index in [-0.39, 0.29) is 34.3 Å². The maximum atomic E-state index is 13.0. The summed E-state index contributed by atoms with van der Waals surface area (Å²) in [5, 5.41) is 0. The number of carbonyl (C=O) groups excluding carboxylic acids is 4. The zero-order valence-electron chi connectivity index (χ0n) is 34.9. The van der Waals surface area contributed by atoms with Crippen molar-refractivity contribution >= 4 is 23.5 Å². The fourth-order valence-electron chi connectivity index (χ4n) is 6.60. The molecule has 0 aromatic heterocycles. The minimum absolute atomic E-state index is 0.109. The second-order valence-electron chi connectivity index (χ2n) is 15.9. The van der Waals surface area contributed by atoms with E-state index < -0.39 is 12.2 Å². The molecule has 0 aromatic carbocycles. The van der Waals surface area contributed by atoms with Crippen LogP contribution in [0.4, 0.5) is 0 Å². The molecule has 2 atom stereocenters. The molecule has 6 heteroatoms. The van der Waals surface area contributed by atoms with Gasteiger partial charge in [0, 0.05) is 25.7 Å². The van der Waals surface area contributed by atoms with Gasteiger partial charge in [0.25, 0.3) is 0 Å². The molecule has 0 radical (unpaired) electrons. The number of carbonyl (C=O) groups is 4. The summed E-state index contributed by atoms with van der Waals surface area (Å²) in [4.78, 5) is 50.0. The standard InChI is InChI=1S/C48H64O6/c1-13-19-43(49)53-41-31-47(9,10)39(37(7)45(41)51)29-27-35(5)25-17-23-33(3)21-15-16-22-34(4)24-18-26-36(6)28-30-40-38(8)46(52)42(32-48(40,11)12)54-44(50)20-14-2/h15-18,21-30,41-42H,13-14,19-20,31-32H2,1-12H3/b16-15+,23-17+,24-18+,29-27+,30-28+,33-21+,34-22+,35-25+,36-26+/t41-,42-/m0/s1. The first-order chi connectivity index (χ1) is 25.3. The van der Waals surface area contributed by atoms with Gasteiger partial charge in [0.2, 0.25) is 0 Å². The molecule has 0 bridgehead atoms. The fraction of sp³-hybridized carbons (Fsp3) is 0.458. The van der Waals surface area contributed by atoms with Crippen LogP contribution < -0.4 is 0 Å². The van der Waals surface area contributed by atoms with Crippen LogP contribution in [0.5, 0.6) is 0 Å². The van der Waals surface area contributed by atoms with Gasteiger partial charge >= 0.3 is 11.9 Å². The van der Waals surface area contributed by atoms with E-state index in [2.05, 4.69) is 52.0 Å². The Bertz CT molecular complexity index is 1620. The van der Waals surface area contributed by atoms with Gasteiger partial charge in [-0.15, -0.1) is 0 Å². The number of Topliss-reactive ketones (excluding diaryl/α,β-unsaturated/α-hetero) is 2. The lowest BCUT2D eigenvalue weighted by molar-refractivity contribution is -0.156. The summed E-state index contributed by atoms with van der Waals surface area (Å²) in [7, 11) is 0. The van der Waals surface area contributed by atoms with Crippen molar-refractivity contribution in [1.29, 1.82) is 0 Å². The van der Waals surface area contributed by atoms with Crippen molar-refractivity contribution < 1.29 is 28.7 Å².